The van der Waals surface area contributed by atoms with E-state index in [0.717, 1.165) is 5.56 Å². The summed E-state index contributed by atoms with van der Waals surface area (Å²) in [6.07, 6.45) is 0.303. The van der Waals surface area contributed by atoms with Gasteiger partial charge in [-0.3, -0.25) is 9.78 Å². The number of H-pyrrole nitrogens is 1. The van der Waals surface area contributed by atoms with Crippen molar-refractivity contribution < 1.29 is 9.21 Å². The Morgan fingerprint density at radius 2 is 2.31 bits per heavy atom. The number of benzene rings is 1. The molecule has 0 aliphatic heterocycles. The van der Waals surface area contributed by atoms with E-state index in [2.05, 4.69) is 10.3 Å². The van der Waals surface area contributed by atoms with Crippen LogP contribution in [-0.4, -0.2) is 17.4 Å². The topological polar surface area (TPSA) is 75.1 Å². The summed E-state index contributed by atoms with van der Waals surface area (Å²) in [5.41, 5.74) is 1.96. The fourth-order valence-corrected chi connectivity index (χ4v) is 1.55. The second-order valence-electron chi connectivity index (χ2n) is 3.48. The van der Waals surface area contributed by atoms with Gasteiger partial charge >= 0.3 is 5.76 Å². The third-order valence-electron chi connectivity index (χ3n) is 2.22. The van der Waals surface area contributed by atoms with Gasteiger partial charge in [-0.1, -0.05) is 6.07 Å². The molecule has 2 aromatic rings. The number of aromatic nitrogens is 1. The zero-order chi connectivity index (χ0) is 11.5. The third kappa shape index (κ3) is 2.13. The first-order valence-corrected chi connectivity index (χ1v) is 5.07. The molecule has 2 rings (SSSR count). The molecule has 0 bridgehead atoms. The lowest BCUT2D eigenvalue weighted by Crippen LogP contribution is -2.24. The summed E-state index contributed by atoms with van der Waals surface area (Å²) in [4.78, 5) is 24.8. The van der Waals surface area contributed by atoms with E-state index in [0.29, 0.717) is 24.1 Å². The molecule has 16 heavy (non-hydrogen) atoms. The van der Waals surface area contributed by atoms with Crippen molar-refractivity contribution in [3.05, 3.63) is 34.3 Å². The molecule has 0 fully saturated rings. The molecule has 5 heteroatoms. The molecule has 0 aliphatic carbocycles. The Bertz CT molecular complexity index is 568. The number of carbonyl (C=O) groups excluding carboxylic acids is 1. The minimum atomic E-state index is -0.481. The summed E-state index contributed by atoms with van der Waals surface area (Å²) >= 11 is 0. The first-order chi connectivity index (χ1) is 7.69. The molecule has 0 aliphatic rings. The average Bonchev–Trinajstić information content (AvgIpc) is 2.57. The number of rotatable bonds is 3. The summed E-state index contributed by atoms with van der Waals surface area (Å²) in [7, 11) is 0. The normalized spacial score (nSPS) is 10.6. The predicted octanol–water partition coefficient (Wildman–Crippen LogP) is 0.800. The second kappa shape index (κ2) is 4.22. The van der Waals surface area contributed by atoms with E-state index in [4.69, 9.17) is 4.42 Å². The van der Waals surface area contributed by atoms with Crippen LogP contribution in [0.2, 0.25) is 0 Å². The first kappa shape index (κ1) is 10.5. The van der Waals surface area contributed by atoms with Gasteiger partial charge in [0, 0.05) is 6.54 Å². The van der Waals surface area contributed by atoms with Crippen LogP contribution in [0, 0.1) is 0 Å². The number of fused-ring (bicyclic) bond motifs is 1. The minimum Gasteiger partial charge on any atom is -0.408 e. The van der Waals surface area contributed by atoms with Gasteiger partial charge in [-0.05, 0) is 24.6 Å². The summed E-state index contributed by atoms with van der Waals surface area (Å²) in [6, 6.07) is 5.20. The molecular formula is C11H12N2O3. The molecule has 0 unspecified atom stereocenters. The Hall–Kier alpha value is -2.04. The Kier molecular flexibility index (Phi) is 2.76. The molecule has 0 saturated carbocycles. The van der Waals surface area contributed by atoms with Gasteiger partial charge in [-0.25, -0.2) is 4.79 Å². The molecule has 0 saturated heterocycles. The smallest absolute Gasteiger partial charge is 0.408 e. The average molecular weight is 220 g/mol. The lowest BCUT2D eigenvalue weighted by Gasteiger charge is -2.01. The Balaban J connectivity index is 2.25. The van der Waals surface area contributed by atoms with Crippen LogP contribution in [0.5, 0.6) is 0 Å². The highest BCUT2D eigenvalue weighted by atomic mass is 16.4. The van der Waals surface area contributed by atoms with Crippen LogP contribution in [0.1, 0.15) is 12.5 Å². The first-order valence-electron chi connectivity index (χ1n) is 5.07. The third-order valence-corrected chi connectivity index (χ3v) is 2.22. The number of amides is 1. The summed E-state index contributed by atoms with van der Waals surface area (Å²) in [6.45, 7) is 2.48. The van der Waals surface area contributed by atoms with Crippen LogP contribution in [0.25, 0.3) is 11.1 Å². The molecule has 84 valence electrons. The largest absolute Gasteiger partial charge is 0.417 e. The van der Waals surface area contributed by atoms with Gasteiger partial charge in [0.2, 0.25) is 5.91 Å². The van der Waals surface area contributed by atoms with Gasteiger partial charge in [0.1, 0.15) is 0 Å². The number of carbonyl (C=O) groups is 1. The van der Waals surface area contributed by atoms with Crippen molar-refractivity contribution in [2.24, 2.45) is 0 Å². The van der Waals surface area contributed by atoms with Crippen LogP contribution in [0.3, 0.4) is 0 Å². The quantitative estimate of drug-likeness (QED) is 0.803. The standard InChI is InChI=1S/C11H12N2O3/c1-2-12-10(14)6-7-3-4-9-8(5-7)13-11(15)16-9/h3-5H,2,6H2,1H3,(H,12,14)(H,13,15). The van der Waals surface area contributed by atoms with Crippen LogP contribution in [-0.2, 0) is 11.2 Å². The van der Waals surface area contributed by atoms with Crippen molar-refractivity contribution in [2.75, 3.05) is 6.54 Å². The van der Waals surface area contributed by atoms with Gasteiger partial charge in [0.05, 0.1) is 11.9 Å². The number of oxazole rings is 1. The van der Waals surface area contributed by atoms with Crippen molar-refractivity contribution in [3.8, 4) is 0 Å². The van der Waals surface area contributed by atoms with Crippen LogP contribution in [0.4, 0.5) is 0 Å². The number of aromatic amines is 1. The second-order valence-corrected chi connectivity index (χ2v) is 3.48. The van der Waals surface area contributed by atoms with Gasteiger partial charge in [0.25, 0.3) is 0 Å². The van der Waals surface area contributed by atoms with Crippen molar-refractivity contribution in [1.29, 1.82) is 0 Å². The maximum Gasteiger partial charge on any atom is 0.417 e. The predicted molar refractivity (Wildman–Crippen MR) is 59.2 cm³/mol. The highest BCUT2D eigenvalue weighted by Gasteiger charge is 2.05. The highest BCUT2D eigenvalue weighted by molar-refractivity contribution is 5.80. The lowest BCUT2D eigenvalue weighted by molar-refractivity contribution is -0.120. The molecule has 1 aromatic carbocycles. The fraction of sp³-hybridized carbons (Fsp3) is 0.273. The molecule has 5 nitrogen and oxygen atoms in total. The molecule has 1 heterocycles. The lowest BCUT2D eigenvalue weighted by atomic mass is 10.1. The van der Waals surface area contributed by atoms with E-state index in [1.807, 2.05) is 6.92 Å². The van der Waals surface area contributed by atoms with Crippen molar-refractivity contribution in [3.63, 3.8) is 0 Å². The van der Waals surface area contributed by atoms with Gasteiger partial charge in [0.15, 0.2) is 5.58 Å². The van der Waals surface area contributed by atoms with Gasteiger partial charge < -0.3 is 9.73 Å². The Morgan fingerprint density at radius 1 is 1.50 bits per heavy atom. The molecule has 2 N–H and O–H groups in total. The number of hydrogen-bond acceptors (Lipinski definition) is 3. The van der Waals surface area contributed by atoms with E-state index < -0.39 is 5.76 Å². The summed E-state index contributed by atoms with van der Waals surface area (Å²) in [5, 5.41) is 2.71. The zero-order valence-corrected chi connectivity index (χ0v) is 8.87. The summed E-state index contributed by atoms with van der Waals surface area (Å²) < 4.78 is 4.86. The molecule has 1 amide bonds. The van der Waals surface area contributed by atoms with Crippen molar-refractivity contribution in [1.82, 2.24) is 10.3 Å². The molecule has 1 aromatic heterocycles. The monoisotopic (exact) mass is 220 g/mol. The number of likely N-dealkylation sites (N-methyl/N-ethyl adjacent to an activating group) is 1. The van der Waals surface area contributed by atoms with Crippen LogP contribution < -0.4 is 11.1 Å². The summed E-state index contributed by atoms with van der Waals surface area (Å²) in [5.74, 6) is -0.516. The number of nitrogens with one attached hydrogen (secondary N) is 2. The molecule has 0 radical (unpaired) electrons. The highest BCUT2D eigenvalue weighted by Crippen LogP contribution is 2.12. The minimum absolute atomic E-state index is 0.0345. The Labute approximate surface area is 91.5 Å². The zero-order valence-electron chi connectivity index (χ0n) is 8.87. The molecular weight excluding hydrogens is 208 g/mol. The van der Waals surface area contributed by atoms with E-state index >= 15 is 0 Å². The molecule has 0 atom stereocenters. The van der Waals surface area contributed by atoms with Gasteiger partial charge in [-0.2, -0.15) is 0 Å². The maximum atomic E-state index is 11.3. The number of hydrogen-bond donors (Lipinski definition) is 2. The van der Waals surface area contributed by atoms with Crippen molar-refractivity contribution in [2.45, 2.75) is 13.3 Å². The van der Waals surface area contributed by atoms with E-state index in [9.17, 15) is 9.59 Å². The molecule has 0 spiro atoms. The van der Waals surface area contributed by atoms with Crippen LogP contribution >= 0.6 is 0 Å². The van der Waals surface area contributed by atoms with Crippen LogP contribution in [0.15, 0.2) is 27.4 Å². The maximum absolute atomic E-state index is 11.3. The fourth-order valence-electron chi connectivity index (χ4n) is 1.55. The van der Waals surface area contributed by atoms with E-state index in [1.165, 1.54) is 0 Å². The SMILES string of the molecule is CCNC(=O)Cc1ccc2oc(=O)[nH]c2c1. The van der Waals surface area contributed by atoms with Gasteiger partial charge in [-0.15, -0.1) is 0 Å². The van der Waals surface area contributed by atoms with Crippen molar-refractivity contribution >= 4 is 17.0 Å². The van der Waals surface area contributed by atoms with E-state index in [1.54, 1.807) is 18.2 Å². The Morgan fingerprint density at radius 3 is 3.06 bits per heavy atom. The van der Waals surface area contributed by atoms with E-state index in [-0.39, 0.29) is 5.91 Å².